The molecule has 0 radical (unpaired) electrons. The summed E-state index contributed by atoms with van der Waals surface area (Å²) in [5.74, 6) is 0. The van der Waals surface area contributed by atoms with E-state index in [0.29, 0.717) is 4.99 Å². The molecule has 3 nitrogen and oxygen atoms in total. The Morgan fingerprint density at radius 2 is 2.57 bits per heavy atom. The highest BCUT2D eigenvalue weighted by atomic mass is 32.1. The lowest BCUT2D eigenvalue weighted by atomic mass is 10.8. The van der Waals surface area contributed by atoms with Crippen LogP contribution in [0.25, 0.3) is 0 Å². The first kappa shape index (κ1) is 4.39. The Bertz CT molecular complexity index is 135. The lowest BCUT2D eigenvalue weighted by Gasteiger charge is -1.80. The van der Waals surface area contributed by atoms with E-state index in [1.54, 1.807) is 0 Å². The molecule has 2 amide bonds. The number of urea groups is 1. The molecule has 0 atom stereocenters. The molecule has 0 aromatic rings. The highest BCUT2D eigenvalue weighted by Crippen LogP contribution is 1.81. The quantitative estimate of drug-likeness (QED) is 0.454. The predicted molar refractivity (Wildman–Crippen MR) is 29.6 cm³/mol. The SMILES string of the molecule is O=C1N=CC(=S)N1. The van der Waals surface area contributed by atoms with Crippen LogP contribution < -0.4 is 5.32 Å². The lowest BCUT2D eigenvalue weighted by molar-refractivity contribution is 0.254. The van der Waals surface area contributed by atoms with Gasteiger partial charge in [-0.25, -0.2) is 4.79 Å². The smallest absolute Gasteiger partial charge is 0.295 e. The highest BCUT2D eigenvalue weighted by Gasteiger charge is 2.04. The van der Waals surface area contributed by atoms with Gasteiger partial charge in [0.15, 0.2) is 0 Å². The molecule has 1 N–H and O–H groups in total. The Kier molecular flexibility index (Phi) is 0.867. The normalized spacial score (nSPS) is 17.7. The minimum Gasteiger partial charge on any atom is -0.295 e. The third-order valence-electron chi connectivity index (χ3n) is 0.529. The average molecular weight is 114 g/mol. The van der Waals surface area contributed by atoms with Crippen LogP contribution >= 0.6 is 12.2 Å². The molecule has 36 valence electrons. The summed E-state index contributed by atoms with van der Waals surface area (Å²) in [5, 5.41) is 2.29. The summed E-state index contributed by atoms with van der Waals surface area (Å²) in [4.78, 5) is 13.8. The number of hydrogen-bond donors (Lipinski definition) is 1. The van der Waals surface area contributed by atoms with E-state index in [0.717, 1.165) is 0 Å². The second-order valence-corrected chi connectivity index (χ2v) is 1.49. The van der Waals surface area contributed by atoms with Crippen molar-refractivity contribution in [3.8, 4) is 0 Å². The Balaban J connectivity index is 2.76. The van der Waals surface area contributed by atoms with Crippen molar-refractivity contribution in [2.75, 3.05) is 0 Å². The van der Waals surface area contributed by atoms with Crippen LogP contribution in [0.3, 0.4) is 0 Å². The van der Waals surface area contributed by atoms with Crippen LogP contribution in [0.15, 0.2) is 4.99 Å². The van der Waals surface area contributed by atoms with Gasteiger partial charge in [0.25, 0.3) is 0 Å². The van der Waals surface area contributed by atoms with Crippen molar-refractivity contribution >= 4 is 29.5 Å². The molecule has 0 saturated carbocycles. The van der Waals surface area contributed by atoms with Gasteiger partial charge in [-0.1, -0.05) is 12.2 Å². The lowest BCUT2D eigenvalue weighted by Crippen LogP contribution is -2.18. The monoisotopic (exact) mass is 114 g/mol. The summed E-state index contributed by atoms with van der Waals surface area (Å²) in [6, 6.07) is -0.370. The van der Waals surface area contributed by atoms with Crippen molar-refractivity contribution < 1.29 is 4.79 Å². The summed E-state index contributed by atoms with van der Waals surface area (Å²) in [6.07, 6.45) is 1.32. The number of carbonyl (C=O) groups is 1. The van der Waals surface area contributed by atoms with Crippen LogP contribution in [-0.2, 0) is 0 Å². The molecule has 7 heavy (non-hydrogen) atoms. The third kappa shape index (κ3) is 0.806. The number of aliphatic imine (C=N–C) groups is 1. The van der Waals surface area contributed by atoms with Crippen molar-refractivity contribution in [1.29, 1.82) is 0 Å². The molecule has 0 fully saturated rings. The first-order chi connectivity index (χ1) is 3.29. The molecule has 0 aliphatic carbocycles. The summed E-state index contributed by atoms with van der Waals surface area (Å²) in [7, 11) is 0. The molecule has 0 bridgehead atoms. The van der Waals surface area contributed by atoms with Gasteiger partial charge in [-0.15, -0.1) is 0 Å². The molecular formula is C3H2N2OS. The van der Waals surface area contributed by atoms with Crippen molar-refractivity contribution in [3.05, 3.63) is 0 Å². The van der Waals surface area contributed by atoms with Crippen molar-refractivity contribution in [1.82, 2.24) is 5.32 Å². The maximum absolute atomic E-state index is 10.1. The topological polar surface area (TPSA) is 41.5 Å². The maximum atomic E-state index is 10.1. The van der Waals surface area contributed by atoms with Crippen molar-refractivity contribution in [2.45, 2.75) is 0 Å². The Hall–Kier alpha value is -0.770. The Labute approximate surface area is 45.4 Å². The summed E-state index contributed by atoms with van der Waals surface area (Å²) >= 11 is 4.51. The molecule has 1 rings (SSSR count). The summed E-state index contributed by atoms with van der Waals surface area (Å²) < 4.78 is 0. The number of amides is 2. The zero-order valence-electron chi connectivity index (χ0n) is 3.34. The minimum atomic E-state index is -0.370. The maximum Gasteiger partial charge on any atom is 0.346 e. The van der Waals surface area contributed by atoms with E-state index in [2.05, 4.69) is 22.5 Å². The molecule has 0 aromatic heterocycles. The van der Waals surface area contributed by atoms with Crippen molar-refractivity contribution in [3.63, 3.8) is 0 Å². The zero-order valence-corrected chi connectivity index (χ0v) is 4.16. The van der Waals surface area contributed by atoms with Gasteiger partial charge in [-0.3, -0.25) is 5.32 Å². The van der Waals surface area contributed by atoms with Crippen LogP contribution in [0, 0.1) is 0 Å². The first-order valence-corrected chi connectivity index (χ1v) is 2.09. The number of thiocarbonyl (C=S) groups is 1. The molecule has 0 spiro atoms. The van der Waals surface area contributed by atoms with E-state index in [4.69, 9.17) is 0 Å². The Morgan fingerprint density at radius 3 is 2.71 bits per heavy atom. The summed E-state index contributed by atoms with van der Waals surface area (Å²) in [5.41, 5.74) is 0. The fourth-order valence-corrected chi connectivity index (χ4v) is 0.427. The second-order valence-electron chi connectivity index (χ2n) is 1.05. The number of hydrogen-bond acceptors (Lipinski definition) is 2. The summed E-state index contributed by atoms with van der Waals surface area (Å²) in [6.45, 7) is 0. The standard InChI is InChI=1S/C3H2N2OS/c6-3-4-1-2(7)5-3/h1H,(H,5,6,7). The molecule has 0 saturated heterocycles. The minimum absolute atomic E-state index is 0.370. The first-order valence-electron chi connectivity index (χ1n) is 1.68. The Morgan fingerprint density at radius 1 is 1.86 bits per heavy atom. The molecule has 0 aromatic carbocycles. The van der Waals surface area contributed by atoms with Gasteiger partial charge >= 0.3 is 6.03 Å². The van der Waals surface area contributed by atoms with E-state index < -0.39 is 0 Å². The molecule has 1 aliphatic heterocycles. The van der Waals surface area contributed by atoms with Gasteiger partial charge in [0.2, 0.25) is 0 Å². The highest BCUT2D eigenvalue weighted by molar-refractivity contribution is 7.81. The largest absolute Gasteiger partial charge is 0.346 e. The van der Waals surface area contributed by atoms with Gasteiger partial charge in [-0.05, 0) is 0 Å². The van der Waals surface area contributed by atoms with E-state index in [1.165, 1.54) is 6.21 Å². The van der Waals surface area contributed by atoms with Gasteiger partial charge in [0.05, 0.1) is 6.21 Å². The number of rotatable bonds is 0. The fraction of sp³-hybridized carbons (Fsp3) is 0. The fourth-order valence-electron chi connectivity index (χ4n) is 0.287. The van der Waals surface area contributed by atoms with Crippen molar-refractivity contribution in [2.24, 2.45) is 4.99 Å². The zero-order chi connectivity index (χ0) is 5.28. The molecule has 0 unspecified atom stereocenters. The van der Waals surface area contributed by atoms with E-state index in [-0.39, 0.29) is 6.03 Å². The van der Waals surface area contributed by atoms with E-state index in [9.17, 15) is 4.79 Å². The van der Waals surface area contributed by atoms with Gasteiger partial charge in [-0.2, -0.15) is 4.99 Å². The number of nitrogens with one attached hydrogen (secondary N) is 1. The van der Waals surface area contributed by atoms with Crippen LogP contribution in [0.2, 0.25) is 0 Å². The molecular weight excluding hydrogens is 112 g/mol. The number of carbonyl (C=O) groups excluding carboxylic acids is 1. The van der Waals surface area contributed by atoms with Crippen LogP contribution in [0.4, 0.5) is 4.79 Å². The third-order valence-corrected chi connectivity index (χ3v) is 0.737. The number of nitrogens with zero attached hydrogens (tertiary/aromatic N) is 1. The van der Waals surface area contributed by atoms with Gasteiger partial charge in [0.1, 0.15) is 4.99 Å². The second kappa shape index (κ2) is 1.38. The van der Waals surface area contributed by atoms with E-state index in [1.807, 2.05) is 0 Å². The van der Waals surface area contributed by atoms with Crippen LogP contribution in [0.5, 0.6) is 0 Å². The van der Waals surface area contributed by atoms with Gasteiger partial charge in [0, 0.05) is 0 Å². The van der Waals surface area contributed by atoms with Gasteiger partial charge < -0.3 is 0 Å². The molecule has 1 aliphatic rings. The predicted octanol–water partition coefficient (Wildman–Crippen LogP) is 0.108. The van der Waals surface area contributed by atoms with E-state index >= 15 is 0 Å². The van der Waals surface area contributed by atoms with Crippen LogP contribution in [0.1, 0.15) is 0 Å². The molecule has 4 heteroatoms. The molecule has 1 heterocycles. The average Bonchev–Trinajstić information content (AvgIpc) is 1.87. The van der Waals surface area contributed by atoms with Crippen LogP contribution in [-0.4, -0.2) is 17.2 Å².